The maximum atomic E-state index is 14.3. The number of rotatable bonds is 11. The number of ether oxygens (including phenoxy) is 1. The average Bonchev–Trinajstić information content (AvgIpc) is 3.16. The maximum absolute atomic E-state index is 14.3. The lowest BCUT2D eigenvalue weighted by Crippen LogP contribution is -2.71. The largest absolute Gasteiger partial charge is 0.424 e. The Labute approximate surface area is 310 Å². The van der Waals surface area contributed by atoms with E-state index in [1.807, 2.05) is 97.1 Å². The molecule has 6 rings (SSSR count). The second-order valence-electron chi connectivity index (χ2n) is 15.8. The molecule has 3 N–H and O–H groups in total. The van der Waals surface area contributed by atoms with Crippen molar-refractivity contribution in [3.63, 3.8) is 0 Å². The Balaban J connectivity index is 1.50. The van der Waals surface area contributed by atoms with Gasteiger partial charge in [0.2, 0.25) is 0 Å². The smallest absolute Gasteiger partial charge is 0.261 e. The van der Waals surface area contributed by atoms with E-state index in [0.717, 1.165) is 20.7 Å². The van der Waals surface area contributed by atoms with Crippen LogP contribution in [0.25, 0.3) is 0 Å². The predicted molar refractivity (Wildman–Crippen MR) is 212 cm³/mol. The quantitative estimate of drug-likeness (QED) is 0.143. The van der Waals surface area contributed by atoms with Crippen LogP contribution < -0.4 is 20.7 Å². The van der Waals surface area contributed by atoms with Crippen molar-refractivity contribution in [1.82, 2.24) is 0 Å². The molecule has 5 aromatic carbocycles. The van der Waals surface area contributed by atoms with Crippen LogP contribution in [0.2, 0.25) is 10.1 Å². The van der Waals surface area contributed by atoms with Crippen LogP contribution in [0.3, 0.4) is 0 Å². The van der Waals surface area contributed by atoms with E-state index in [0.29, 0.717) is 12.0 Å². The van der Waals surface area contributed by atoms with Crippen LogP contribution in [-0.4, -0.2) is 56.6 Å². The van der Waals surface area contributed by atoms with Crippen molar-refractivity contribution in [2.75, 3.05) is 6.61 Å². The SMILES string of the molecule is CC(C)(CC1[C@@H](O)C(O[Si](c2ccccc2)(c2ccccc2)C(C)(C)C)[C@@H](CO)O[C@H]1c1ccc(F)cc1)[Si](O)(c1ccccc1)c1ccccc1. The van der Waals surface area contributed by atoms with Gasteiger partial charge in [-0.3, -0.25) is 0 Å². The summed E-state index contributed by atoms with van der Waals surface area (Å²) in [5, 5.41) is 26.5. The number of halogens is 1. The third-order valence-electron chi connectivity index (χ3n) is 11.1. The van der Waals surface area contributed by atoms with Crippen LogP contribution >= 0.6 is 0 Å². The fourth-order valence-electron chi connectivity index (χ4n) is 8.45. The predicted octanol–water partition coefficient (Wildman–Crippen LogP) is 6.10. The average molecular weight is 735 g/mol. The van der Waals surface area contributed by atoms with E-state index in [4.69, 9.17) is 9.16 Å². The topological polar surface area (TPSA) is 79.2 Å². The van der Waals surface area contributed by atoms with Gasteiger partial charge in [-0.1, -0.05) is 168 Å². The molecule has 52 heavy (non-hydrogen) atoms. The summed E-state index contributed by atoms with van der Waals surface area (Å²) in [7, 11) is -6.74. The van der Waals surface area contributed by atoms with Crippen LogP contribution in [0.4, 0.5) is 4.39 Å². The van der Waals surface area contributed by atoms with Crippen molar-refractivity contribution in [2.24, 2.45) is 5.92 Å². The van der Waals surface area contributed by atoms with Gasteiger partial charge in [0.25, 0.3) is 16.6 Å². The molecular formula is C44H51FO5Si2. The van der Waals surface area contributed by atoms with Crippen LogP contribution in [0, 0.1) is 11.7 Å². The highest BCUT2D eigenvalue weighted by Crippen LogP contribution is 2.50. The van der Waals surface area contributed by atoms with E-state index in [1.165, 1.54) is 12.1 Å². The first-order valence-corrected chi connectivity index (χ1v) is 22.0. The van der Waals surface area contributed by atoms with Gasteiger partial charge in [0.05, 0.1) is 18.8 Å². The fraction of sp³-hybridized carbons (Fsp3) is 0.318. The van der Waals surface area contributed by atoms with E-state index < -0.39 is 57.0 Å². The van der Waals surface area contributed by atoms with Crippen molar-refractivity contribution < 1.29 is 28.6 Å². The molecule has 0 saturated carbocycles. The van der Waals surface area contributed by atoms with E-state index in [2.05, 4.69) is 58.9 Å². The van der Waals surface area contributed by atoms with Gasteiger partial charge in [0.15, 0.2) is 0 Å². The van der Waals surface area contributed by atoms with E-state index in [1.54, 1.807) is 12.1 Å². The monoisotopic (exact) mass is 734 g/mol. The number of hydrogen-bond donors (Lipinski definition) is 3. The second kappa shape index (κ2) is 15.3. The summed E-state index contributed by atoms with van der Waals surface area (Å²) in [6.07, 6.45) is -3.29. The molecule has 1 saturated heterocycles. The summed E-state index contributed by atoms with van der Waals surface area (Å²) in [4.78, 5) is 13.1. The Morgan fingerprint density at radius 3 is 1.48 bits per heavy atom. The lowest BCUT2D eigenvalue weighted by Gasteiger charge is -2.53. The van der Waals surface area contributed by atoms with Crippen LogP contribution in [0.15, 0.2) is 146 Å². The molecule has 1 aliphatic heterocycles. The summed E-state index contributed by atoms with van der Waals surface area (Å²) in [5.74, 6) is -0.976. The van der Waals surface area contributed by atoms with Gasteiger partial charge in [-0.2, -0.15) is 0 Å². The third kappa shape index (κ3) is 7.01. The molecule has 5 nitrogen and oxygen atoms in total. The van der Waals surface area contributed by atoms with Crippen molar-refractivity contribution in [2.45, 2.75) is 75.5 Å². The first kappa shape index (κ1) is 38.0. The van der Waals surface area contributed by atoms with Gasteiger partial charge < -0.3 is 24.2 Å². The Morgan fingerprint density at radius 2 is 1.08 bits per heavy atom. The van der Waals surface area contributed by atoms with Gasteiger partial charge in [-0.25, -0.2) is 4.39 Å². The highest BCUT2D eigenvalue weighted by molar-refractivity contribution is 6.99. The van der Waals surface area contributed by atoms with Crippen molar-refractivity contribution in [3.05, 3.63) is 157 Å². The van der Waals surface area contributed by atoms with Crippen LogP contribution in [0.1, 0.15) is 52.7 Å². The Bertz CT molecular complexity index is 1790. The minimum atomic E-state index is -3.52. The first-order valence-electron chi connectivity index (χ1n) is 18.2. The number of aliphatic hydroxyl groups is 2. The van der Waals surface area contributed by atoms with Crippen LogP contribution in [-0.2, 0) is 9.16 Å². The summed E-state index contributed by atoms with van der Waals surface area (Å²) in [5.41, 5.74) is 0.688. The van der Waals surface area contributed by atoms with Crippen LogP contribution in [0.5, 0.6) is 0 Å². The third-order valence-corrected chi connectivity index (χ3v) is 20.6. The molecule has 1 aliphatic rings. The Kier molecular flexibility index (Phi) is 11.2. The van der Waals surface area contributed by atoms with E-state index >= 15 is 0 Å². The molecule has 0 bridgehead atoms. The molecule has 5 aromatic rings. The lowest BCUT2D eigenvalue weighted by atomic mass is 9.78. The number of aliphatic hydroxyl groups excluding tert-OH is 2. The van der Waals surface area contributed by atoms with E-state index in [9.17, 15) is 19.4 Å². The number of hydrogen-bond acceptors (Lipinski definition) is 5. The maximum Gasteiger partial charge on any atom is 0.261 e. The van der Waals surface area contributed by atoms with Crippen molar-refractivity contribution >= 4 is 37.4 Å². The molecule has 0 radical (unpaired) electrons. The highest BCUT2D eigenvalue weighted by atomic mass is 28.4. The lowest BCUT2D eigenvalue weighted by molar-refractivity contribution is -0.209. The molecular weight excluding hydrogens is 684 g/mol. The standard InChI is InChI=1S/C44H51FO5Si2/c1-43(2,3)52(36-22-14-8-15-23-36,37-24-16-9-17-25-37)50-42-39(31-46)49-41(32-26-28-33(45)29-27-32)38(40(42)47)30-44(4,5)51(48,34-18-10-6-11-19-34)35-20-12-7-13-21-35/h6-29,38-42,46-48H,30-31H2,1-5H3/t38?,39-,40-,41+,42?/m1/s1. The molecule has 272 valence electrons. The number of benzene rings is 5. The minimum Gasteiger partial charge on any atom is -0.424 e. The molecule has 5 atom stereocenters. The van der Waals surface area contributed by atoms with Crippen molar-refractivity contribution in [3.8, 4) is 0 Å². The first-order chi connectivity index (χ1) is 24.8. The van der Waals surface area contributed by atoms with Gasteiger partial charge in [0.1, 0.15) is 18.0 Å². The zero-order chi connectivity index (χ0) is 37.1. The minimum absolute atomic E-state index is 0.349. The zero-order valence-electron chi connectivity index (χ0n) is 30.7. The van der Waals surface area contributed by atoms with Gasteiger partial charge in [-0.15, -0.1) is 0 Å². The normalized spacial score (nSPS) is 21.5. The molecule has 0 amide bonds. The Morgan fingerprint density at radius 1 is 0.654 bits per heavy atom. The van der Waals surface area contributed by atoms with Gasteiger partial charge >= 0.3 is 0 Å². The summed E-state index contributed by atoms with van der Waals surface area (Å²) in [6, 6.07) is 46.2. The molecule has 1 fully saturated rings. The molecule has 0 spiro atoms. The summed E-state index contributed by atoms with van der Waals surface area (Å²) >= 11 is 0. The molecule has 0 aliphatic carbocycles. The summed E-state index contributed by atoms with van der Waals surface area (Å²) in [6.45, 7) is 10.3. The van der Waals surface area contributed by atoms with Crippen molar-refractivity contribution in [1.29, 1.82) is 0 Å². The second-order valence-corrected chi connectivity index (χ2v) is 23.9. The molecule has 1 heterocycles. The Hall–Kier alpha value is -3.74. The molecule has 2 unspecified atom stereocenters. The van der Waals surface area contributed by atoms with Gasteiger partial charge in [-0.05, 0) is 54.9 Å². The fourth-order valence-corrected chi connectivity index (χ4v) is 16.9. The summed E-state index contributed by atoms with van der Waals surface area (Å²) < 4.78 is 28.7. The zero-order valence-corrected chi connectivity index (χ0v) is 32.7. The highest BCUT2D eigenvalue weighted by Gasteiger charge is 2.58. The molecule has 8 heteroatoms. The van der Waals surface area contributed by atoms with Gasteiger partial charge in [0, 0.05) is 5.92 Å². The van der Waals surface area contributed by atoms with E-state index in [-0.39, 0.29) is 12.4 Å². The molecule has 0 aromatic heterocycles.